The fourth-order valence-corrected chi connectivity index (χ4v) is 2.93. The number of carbonyl (C=O) groups is 3. The third kappa shape index (κ3) is 12.8. The van der Waals surface area contributed by atoms with Crippen molar-refractivity contribution >= 4 is 29.7 Å². The molecule has 9 nitrogen and oxygen atoms in total. The average molecular weight is 538 g/mol. The van der Waals surface area contributed by atoms with E-state index >= 15 is 0 Å². The molecule has 9 heteroatoms. The molecule has 0 bridgehead atoms. The molecule has 3 aromatic rings. The highest BCUT2D eigenvalue weighted by atomic mass is 16.6. The van der Waals surface area contributed by atoms with E-state index in [2.05, 4.69) is 9.47 Å². The third-order valence-corrected chi connectivity index (χ3v) is 5.31. The predicted octanol–water partition coefficient (Wildman–Crippen LogP) is 6.13. The van der Waals surface area contributed by atoms with Crippen molar-refractivity contribution in [3.63, 3.8) is 0 Å². The number of hydrogen-bond donors (Lipinski definition) is 1. The molecule has 0 atom stereocenters. The van der Waals surface area contributed by atoms with E-state index in [4.69, 9.17) is 5.11 Å². The highest BCUT2D eigenvalue weighted by Crippen LogP contribution is 2.15. The zero-order valence-corrected chi connectivity index (χ0v) is 22.0. The van der Waals surface area contributed by atoms with Gasteiger partial charge in [-0.2, -0.15) is 0 Å². The van der Waals surface area contributed by atoms with Gasteiger partial charge in [0.2, 0.25) is 0 Å². The molecule has 3 aromatic carbocycles. The van der Waals surface area contributed by atoms with E-state index in [1.165, 1.54) is 50.1 Å². The molecule has 0 fully saturated rings. The lowest BCUT2D eigenvalue weighted by Crippen LogP contribution is -2.04. The molecule has 0 heterocycles. The highest BCUT2D eigenvalue weighted by molar-refractivity contribution is 5.88. The maximum absolute atomic E-state index is 10.8. The fraction of sp³-hybridized carbons (Fsp3) is 0.233. The number of benzene rings is 3. The Hall–Kier alpha value is -4.79. The Morgan fingerprint density at radius 3 is 1.87 bits per heavy atom. The second-order valence-corrected chi connectivity index (χ2v) is 7.98. The number of nitro groups is 1. The normalized spacial score (nSPS) is 9.56. The number of carbonyl (C=O) groups excluding carboxylic acids is 2. The monoisotopic (exact) mass is 537 g/mol. The summed E-state index contributed by atoms with van der Waals surface area (Å²) in [6.07, 6.45) is 3.25. The molecule has 3 rings (SSSR count). The number of nitro benzene ring substituents is 1. The topological polar surface area (TPSA) is 133 Å². The number of methoxy groups -OCH3 is 2. The largest absolute Gasteiger partial charge is 0.478 e. The third-order valence-electron chi connectivity index (χ3n) is 5.31. The van der Waals surface area contributed by atoms with Gasteiger partial charge in [0.15, 0.2) is 0 Å². The van der Waals surface area contributed by atoms with E-state index in [0.29, 0.717) is 11.1 Å². The number of hydrogen-bond acceptors (Lipinski definition) is 7. The van der Waals surface area contributed by atoms with Crippen LogP contribution in [0.3, 0.4) is 0 Å². The van der Waals surface area contributed by atoms with Gasteiger partial charge < -0.3 is 14.6 Å². The molecule has 0 aliphatic rings. The van der Waals surface area contributed by atoms with Crippen LogP contribution in [0.5, 0.6) is 0 Å². The first-order valence-corrected chi connectivity index (χ1v) is 11.4. The average Bonchev–Trinajstić information content (AvgIpc) is 2.91. The maximum atomic E-state index is 10.8. The molecule has 0 amide bonds. The molecule has 0 spiro atoms. The van der Waals surface area contributed by atoms with Crippen LogP contribution in [-0.4, -0.2) is 42.2 Å². The molecule has 0 aliphatic carbocycles. The van der Waals surface area contributed by atoms with Crippen LogP contribution in [0.25, 0.3) is 6.08 Å². The maximum Gasteiger partial charge on any atom is 0.335 e. The van der Waals surface area contributed by atoms with Crippen molar-refractivity contribution in [3.8, 4) is 0 Å². The van der Waals surface area contributed by atoms with Crippen molar-refractivity contribution in [2.45, 2.75) is 34.6 Å². The molecule has 0 unspecified atom stereocenters. The first-order chi connectivity index (χ1) is 18.0. The minimum Gasteiger partial charge on any atom is -0.478 e. The molecule has 208 valence electrons. The van der Waals surface area contributed by atoms with Crippen LogP contribution in [0.1, 0.15) is 45.6 Å². The van der Waals surface area contributed by atoms with E-state index in [0.717, 1.165) is 16.7 Å². The summed E-state index contributed by atoms with van der Waals surface area (Å²) in [6.45, 7) is 5.85. The van der Waals surface area contributed by atoms with Crippen molar-refractivity contribution in [1.29, 1.82) is 0 Å². The summed E-state index contributed by atoms with van der Waals surface area (Å²) in [5.74, 6) is -1.56. The Morgan fingerprint density at radius 2 is 1.44 bits per heavy atom. The Kier molecular flexibility index (Phi) is 15.5. The Balaban J connectivity index is 0.000000551. The van der Waals surface area contributed by atoms with E-state index < -0.39 is 10.9 Å². The summed E-state index contributed by atoms with van der Waals surface area (Å²) in [6, 6.07) is 18.8. The van der Waals surface area contributed by atoms with Crippen molar-refractivity contribution in [2.75, 3.05) is 14.2 Å². The standard InChI is InChI=1S/C10H12O2.C10H10O2.C9H9NO4.CH4/c1-6-4-9(10(11)12)5-7(2)8(6)3;1-12-10(11)8-7-9-5-3-2-4-6-9;1-14-9(11)6-7-2-4-8(5-3-7)10(12)13;/h4-5H,1-3H3,(H,11,12);2-8H,1H3;2-5H,6H2,1H3;1H4. The number of carboxylic acid groups (broad SMARTS) is 1. The van der Waals surface area contributed by atoms with Gasteiger partial charge in [-0.3, -0.25) is 14.9 Å². The zero-order valence-electron chi connectivity index (χ0n) is 22.0. The summed E-state index contributed by atoms with van der Waals surface area (Å²) in [4.78, 5) is 42.0. The minimum atomic E-state index is -0.860. The van der Waals surface area contributed by atoms with Crippen molar-refractivity contribution in [1.82, 2.24) is 0 Å². The first kappa shape index (κ1) is 34.2. The number of carboxylic acids is 1. The summed E-state index contributed by atoms with van der Waals surface area (Å²) in [7, 11) is 2.66. The van der Waals surface area contributed by atoms with E-state index in [1.807, 2.05) is 51.1 Å². The summed E-state index contributed by atoms with van der Waals surface area (Å²) in [5, 5.41) is 19.0. The lowest BCUT2D eigenvalue weighted by atomic mass is 10.0. The van der Waals surface area contributed by atoms with Gasteiger partial charge in [-0.15, -0.1) is 0 Å². The van der Waals surface area contributed by atoms with Crippen LogP contribution in [0, 0.1) is 30.9 Å². The number of non-ortho nitro benzene ring substituents is 1. The molecule has 39 heavy (non-hydrogen) atoms. The Bertz CT molecular complexity index is 1240. The van der Waals surface area contributed by atoms with Crippen LogP contribution < -0.4 is 0 Å². The van der Waals surface area contributed by atoms with Gasteiger partial charge in [0.1, 0.15) is 0 Å². The predicted molar refractivity (Wildman–Crippen MR) is 151 cm³/mol. The van der Waals surface area contributed by atoms with Crippen LogP contribution >= 0.6 is 0 Å². The molecule has 0 radical (unpaired) electrons. The number of ether oxygens (including phenoxy) is 2. The lowest BCUT2D eigenvalue weighted by molar-refractivity contribution is -0.384. The van der Waals surface area contributed by atoms with Gasteiger partial charge in [-0.05, 0) is 66.8 Å². The number of rotatable bonds is 6. The zero-order chi connectivity index (χ0) is 28.7. The second kappa shape index (κ2) is 17.6. The number of esters is 2. The molecular weight excluding hydrogens is 502 g/mol. The summed E-state index contributed by atoms with van der Waals surface area (Å²) in [5.41, 5.74) is 5.30. The second-order valence-electron chi connectivity index (χ2n) is 7.98. The lowest BCUT2D eigenvalue weighted by Gasteiger charge is -2.05. The Labute approximate surface area is 228 Å². The Morgan fingerprint density at radius 1 is 0.897 bits per heavy atom. The first-order valence-electron chi connectivity index (χ1n) is 11.4. The SMILES string of the molecule is C.COC(=O)C=Cc1ccccc1.COC(=O)Cc1ccc([N+](=O)[O-])cc1.Cc1cc(C(=O)O)cc(C)c1C. The molecule has 0 aliphatic heterocycles. The van der Waals surface area contributed by atoms with Crippen molar-refractivity contribution in [2.24, 2.45) is 0 Å². The van der Waals surface area contributed by atoms with Crippen LogP contribution in [-0.2, 0) is 25.5 Å². The van der Waals surface area contributed by atoms with Crippen LogP contribution in [0.4, 0.5) is 5.69 Å². The number of nitrogens with zero attached hydrogens (tertiary/aromatic N) is 1. The quantitative estimate of drug-likeness (QED) is 0.172. The fourth-order valence-electron chi connectivity index (χ4n) is 2.93. The van der Waals surface area contributed by atoms with Crippen LogP contribution in [0.15, 0.2) is 72.8 Å². The van der Waals surface area contributed by atoms with Crippen LogP contribution in [0.2, 0.25) is 0 Å². The van der Waals surface area contributed by atoms with E-state index in [9.17, 15) is 24.5 Å². The molecule has 0 saturated heterocycles. The molecular formula is C30H35NO8. The van der Waals surface area contributed by atoms with E-state index in [1.54, 1.807) is 18.2 Å². The molecule has 0 aromatic heterocycles. The van der Waals surface area contributed by atoms with Gasteiger partial charge in [0, 0.05) is 18.2 Å². The molecule has 0 saturated carbocycles. The summed E-state index contributed by atoms with van der Waals surface area (Å²) < 4.78 is 8.91. The van der Waals surface area contributed by atoms with Crippen molar-refractivity contribution in [3.05, 3.63) is 116 Å². The van der Waals surface area contributed by atoms with Gasteiger partial charge in [0.25, 0.3) is 5.69 Å². The smallest absolute Gasteiger partial charge is 0.335 e. The van der Waals surface area contributed by atoms with E-state index in [-0.39, 0.29) is 31.5 Å². The molecule has 1 N–H and O–H groups in total. The highest BCUT2D eigenvalue weighted by Gasteiger charge is 2.07. The van der Waals surface area contributed by atoms with Gasteiger partial charge in [-0.25, -0.2) is 9.59 Å². The minimum absolute atomic E-state index is 0. The number of aryl methyl sites for hydroxylation is 2. The van der Waals surface area contributed by atoms with Gasteiger partial charge in [-0.1, -0.05) is 49.9 Å². The summed E-state index contributed by atoms with van der Waals surface area (Å²) >= 11 is 0. The van der Waals surface area contributed by atoms with Gasteiger partial charge in [0.05, 0.1) is 31.1 Å². The van der Waals surface area contributed by atoms with Gasteiger partial charge >= 0.3 is 17.9 Å². The van der Waals surface area contributed by atoms with Crippen molar-refractivity contribution < 1.29 is 33.9 Å². The number of aromatic carboxylic acids is 1.